The highest BCUT2D eigenvalue weighted by molar-refractivity contribution is 5.81. The van der Waals surface area contributed by atoms with E-state index in [1.165, 1.54) is 0 Å². The van der Waals surface area contributed by atoms with Crippen molar-refractivity contribution in [1.82, 2.24) is 4.90 Å². The van der Waals surface area contributed by atoms with Crippen LogP contribution < -0.4 is 5.73 Å². The van der Waals surface area contributed by atoms with Crippen molar-refractivity contribution in [2.45, 2.75) is 107 Å². The molecule has 0 saturated carbocycles. The maximum absolute atomic E-state index is 12.9. The van der Waals surface area contributed by atoms with Crippen LogP contribution in [-0.2, 0) is 4.79 Å². The Kier molecular flexibility index (Phi) is 9.56. The summed E-state index contributed by atoms with van der Waals surface area (Å²) in [5, 5.41) is 0. The quantitative estimate of drug-likeness (QED) is 0.570. The van der Waals surface area contributed by atoms with Crippen molar-refractivity contribution in [3.05, 3.63) is 0 Å². The van der Waals surface area contributed by atoms with Crippen LogP contribution in [0, 0.1) is 23.2 Å². The predicted molar refractivity (Wildman–Crippen MR) is 106 cm³/mol. The lowest BCUT2D eigenvalue weighted by Gasteiger charge is -2.50. The molecular formula is C21H44N2O. The molecule has 0 aliphatic heterocycles. The van der Waals surface area contributed by atoms with Gasteiger partial charge in [-0.1, -0.05) is 41.5 Å². The van der Waals surface area contributed by atoms with Crippen molar-refractivity contribution in [3.63, 3.8) is 0 Å². The van der Waals surface area contributed by atoms with E-state index in [0.29, 0.717) is 29.8 Å². The molecule has 0 rings (SSSR count). The van der Waals surface area contributed by atoms with Gasteiger partial charge in [0.25, 0.3) is 0 Å². The number of carbonyl (C=O) groups is 1. The lowest BCUT2D eigenvalue weighted by molar-refractivity contribution is -0.137. The smallest absolute Gasteiger partial charge is 0.225 e. The molecule has 0 fully saturated rings. The molecule has 0 radical (unpaired) electrons. The van der Waals surface area contributed by atoms with Crippen molar-refractivity contribution >= 4 is 5.91 Å². The molecule has 0 aromatic rings. The SMILES string of the molecule is CC(C)CC(N(C(C)C)C(C)C)C(CC(C)C)(CC(C)C)C(N)=O. The fourth-order valence-electron chi connectivity index (χ4n) is 4.57. The van der Waals surface area contributed by atoms with Gasteiger partial charge < -0.3 is 5.73 Å². The van der Waals surface area contributed by atoms with Gasteiger partial charge in [-0.3, -0.25) is 9.69 Å². The Balaban J connectivity index is 6.25. The molecule has 144 valence electrons. The first-order chi connectivity index (χ1) is 10.8. The minimum atomic E-state index is -0.457. The van der Waals surface area contributed by atoms with Crippen LogP contribution in [0.5, 0.6) is 0 Å². The van der Waals surface area contributed by atoms with E-state index in [1.54, 1.807) is 0 Å². The maximum Gasteiger partial charge on any atom is 0.225 e. The first-order valence-corrected chi connectivity index (χ1v) is 9.92. The Hall–Kier alpha value is -0.570. The normalized spacial score (nSPS) is 14.7. The van der Waals surface area contributed by atoms with Gasteiger partial charge in [-0.2, -0.15) is 0 Å². The largest absolute Gasteiger partial charge is 0.369 e. The summed E-state index contributed by atoms with van der Waals surface area (Å²) in [7, 11) is 0. The Morgan fingerprint density at radius 3 is 1.38 bits per heavy atom. The van der Waals surface area contributed by atoms with Gasteiger partial charge in [0, 0.05) is 18.1 Å². The summed E-state index contributed by atoms with van der Waals surface area (Å²) in [4.78, 5) is 15.4. The van der Waals surface area contributed by atoms with Crippen molar-refractivity contribution in [2.24, 2.45) is 28.9 Å². The van der Waals surface area contributed by atoms with Crippen LogP contribution in [0.25, 0.3) is 0 Å². The molecule has 3 heteroatoms. The van der Waals surface area contributed by atoms with Crippen LogP contribution in [0.3, 0.4) is 0 Å². The van der Waals surface area contributed by atoms with Gasteiger partial charge in [0.05, 0.1) is 5.41 Å². The number of nitrogens with two attached hydrogens (primary N) is 1. The van der Waals surface area contributed by atoms with Gasteiger partial charge in [-0.25, -0.2) is 0 Å². The van der Waals surface area contributed by atoms with Gasteiger partial charge in [0.1, 0.15) is 0 Å². The summed E-state index contributed by atoms with van der Waals surface area (Å²) < 4.78 is 0. The van der Waals surface area contributed by atoms with Crippen LogP contribution in [0.15, 0.2) is 0 Å². The van der Waals surface area contributed by atoms with Gasteiger partial charge >= 0.3 is 0 Å². The Labute approximate surface area is 151 Å². The van der Waals surface area contributed by atoms with Crippen LogP contribution >= 0.6 is 0 Å². The molecule has 0 bridgehead atoms. The fraction of sp³-hybridized carbons (Fsp3) is 0.952. The van der Waals surface area contributed by atoms with Crippen LogP contribution in [0.4, 0.5) is 0 Å². The fourth-order valence-corrected chi connectivity index (χ4v) is 4.57. The summed E-state index contributed by atoms with van der Waals surface area (Å²) in [6, 6.07) is 0.985. The summed E-state index contributed by atoms with van der Waals surface area (Å²) in [6.45, 7) is 22.3. The third kappa shape index (κ3) is 6.38. The van der Waals surface area contributed by atoms with Gasteiger partial charge in [0.2, 0.25) is 5.91 Å². The number of carbonyl (C=O) groups excluding carboxylic acids is 1. The zero-order valence-corrected chi connectivity index (χ0v) is 18.0. The van der Waals surface area contributed by atoms with Crippen molar-refractivity contribution in [2.75, 3.05) is 0 Å². The lowest BCUT2D eigenvalue weighted by atomic mass is 9.65. The highest BCUT2D eigenvalue weighted by Gasteiger charge is 2.48. The number of nitrogens with zero attached hydrogens (tertiary/aromatic N) is 1. The van der Waals surface area contributed by atoms with E-state index in [2.05, 4.69) is 74.1 Å². The predicted octanol–water partition coefficient (Wildman–Crippen LogP) is 5.08. The third-order valence-corrected chi connectivity index (χ3v) is 4.92. The van der Waals surface area contributed by atoms with Crippen LogP contribution in [0.1, 0.15) is 88.5 Å². The first-order valence-electron chi connectivity index (χ1n) is 9.92. The second-order valence-corrected chi connectivity index (χ2v) is 9.50. The van der Waals surface area contributed by atoms with Crippen molar-refractivity contribution < 1.29 is 4.79 Å². The molecule has 3 nitrogen and oxygen atoms in total. The number of primary amides is 1. The molecule has 2 N–H and O–H groups in total. The van der Waals surface area contributed by atoms with Gasteiger partial charge in [0.15, 0.2) is 0 Å². The molecule has 0 aliphatic carbocycles. The van der Waals surface area contributed by atoms with Crippen molar-refractivity contribution in [3.8, 4) is 0 Å². The average Bonchev–Trinajstić information content (AvgIpc) is 2.33. The molecule has 0 aromatic heterocycles. The minimum absolute atomic E-state index is 0.109. The zero-order chi connectivity index (χ0) is 19.2. The number of hydrogen-bond acceptors (Lipinski definition) is 2. The lowest BCUT2D eigenvalue weighted by Crippen LogP contribution is -2.59. The Morgan fingerprint density at radius 1 is 0.792 bits per heavy atom. The number of hydrogen-bond donors (Lipinski definition) is 1. The first kappa shape index (κ1) is 23.4. The third-order valence-electron chi connectivity index (χ3n) is 4.92. The second kappa shape index (κ2) is 9.79. The number of amides is 1. The Bertz CT molecular complexity index is 354. The maximum atomic E-state index is 12.9. The summed E-state index contributed by atoms with van der Waals surface area (Å²) in [5.41, 5.74) is 5.66. The standard InChI is InChI=1S/C21H44N2O/c1-14(2)11-19(23(17(7)8)18(9)10)21(20(22)24,12-15(3)4)13-16(5)6/h14-19H,11-13H2,1-10H3,(H2,22,24). The summed E-state index contributed by atoms with van der Waals surface area (Å²) in [5.74, 6) is 1.33. The summed E-state index contributed by atoms with van der Waals surface area (Å²) in [6.07, 6.45) is 2.75. The van der Waals surface area contributed by atoms with Crippen molar-refractivity contribution in [1.29, 1.82) is 0 Å². The zero-order valence-electron chi connectivity index (χ0n) is 18.0. The molecule has 0 aromatic carbocycles. The molecule has 0 heterocycles. The van der Waals surface area contributed by atoms with Crippen LogP contribution in [-0.4, -0.2) is 28.9 Å². The second-order valence-electron chi connectivity index (χ2n) is 9.50. The van der Waals surface area contributed by atoms with E-state index in [9.17, 15) is 4.79 Å². The van der Waals surface area contributed by atoms with E-state index in [1.807, 2.05) is 0 Å². The average molecular weight is 341 g/mol. The molecule has 1 unspecified atom stereocenters. The van der Waals surface area contributed by atoms with E-state index < -0.39 is 5.41 Å². The number of rotatable bonds is 11. The highest BCUT2D eigenvalue weighted by Crippen LogP contribution is 2.43. The molecular weight excluding hydrogens is 296 g/mol. The molecule has 1 amide bonds. The minimum Gasteiger partial charge on any atom is -0.369 e. The van der Waals surface area contributed by atoms with E-state index in [0.717, 1.165) is 19.3 Å². The van der Waals surface area contributed by atoms with Crippen LogP contribution in [0.2, 0.25) is 0 Å². The molecule has 0 saturated heterocycles. The monoisotopic (exact) mass is 340 g/mol. The Morgan fingerprint density at radius 2 is 1.17 bits per heavy atom. The van der Waals surface area contributed by atoms with Gasteiger partial charge in [-0.05, 0) is 64.7 Å². The van der Waals surface area contributed by atoms with E-state index >= 15 is 0 Å². The topological polar surface area (TPSA) is 46.3 Å². The highest BCUT2D eigenvalue weighted by atomic mass is 16.1. The molecule has 0 aliphatic rings. The van der Waals surface area contributed by atoms with Gasteiger partial charge in [-0.15, -0.1) is 0 Å². The van der Waals surface area contributed by atoms with E-state index in [-0.39, 0.29) is 11.9 Å². The molecule has 1 atom stereocenters. The molecule has 0 spiro atoms. The van der Waals surface area contributed by atoms with E-state index in [4.69, 9.17) is 5.73 Å². The molecule has 24 heavy (non-hydrogen) atoms. The summed E-state index contributed by atoms with van der Waals surface area (Å²) >= 11 is 0.